The van der Waals surface area contributed by atoms with E-state index in [2.05, 4.69) is 0 Å². The first kappa shape index (κ1) is 19.2. The van der Waals surface area contributed by atoms with Crippen molar-refractivity contribution in [2.75, 3.05) is 6.61 Å². The highest BCUT2D eigenvalue weighted by atomic mass is 31.2. The zero-order valence-corrected chi connectivity index (χ0v) is 16.1. The van der Waals surface area contributed by atoms with Gasteiger partial charge in [0.25, 0.3) is 0 Å². The Balaban J connectivity index is 2.73. The molecule has 0 N–H and O–H groups in total. The van der Waals surface area contributed by atoms with E-state index >= 15 is 0 Å². The number of hydrogen-bond acceptors (Lipinski definition) is 3. The van der Waals surface area contributed by atoms with Crippen molar-refractivity contribution in [1.29, 1.82) is 0 Å². The maximum absolute atomic E-state index is 14.3. The van der Waals surface area contributed by atoms with Crippen LogP contribution in [0.2, 0.25) is 0 Å². The minimum atomic E-state index is -3.23. The maximum atomic E-state index is 14.3. The van der Waals surface area contributed by atoms with Crippen molar-refractivity contribution in [3.05, 3.63) is 71.5 Å². The average Bonchev–Trinajstić information content (AvgIpc) is 2.60. The predicted octanol–water partition coefficient (Wildman–Crippen LogP) is 5.08. The Hall–Kier alpha value is -2.12. The second-order valence-electron chi connectivity index (χ2n) is 6.78. The van der Waals surface area contributed by atoms with Crippen molar-refractivity contribution in [2.45, 2.75) is 32.9 Å². The van der Waals surface area contributed by atoms with Gasteiger partial charge in [0, 0.05) is 10.5 Å². The molecule has 0 saturated heterocycles. The minimum Gasteiger partial charge on any atom is -0.462 e. The van der Waals surface area contributed by atoms with E-state index in [-0.39, 0.29) is 11.9 Å². The largest absolute Gasteiger partial charge is 0.462 e. The molecule has 0 bridgehead atoms. The highest BCUT2D eigenvalue weighted by Gasteiger charge is 2.44. The van der Waals surface area contributed by atoms with Crippen molar-refractivity contribution in [1.82, 2.24) is 0 Å². The standard InChI is InChI=1S/C21H25O3P/c1-5-24-20(22)19(16-17-12-8-6-9-13-17)25(23,21(2,3)4)18-14-10-7-11-15-18/h6-16H,5H2,1-4H3/b19-16+/t25-/m1/s1. The molecule has 0 amide bonds. The summed E-state index contributed by atoms with van der Waals surface area (Å²) in [5, 5.41) is 0.277. The van der Waals surface area contributed by atoms with E-state index in [9.17, 15) is 9.36 Å². The van der Waals surface area contributed by atoms with E-state index in [1.54, 1.807) is 13.0 Å². The highest BCUT2D eigenvalue weighted by molar-refractivity contribution is 7.78. The topological polar surface area (TPSA) is 43.4 Å². The van der Waals surface area contributed by atoms with Crippen molar-refractivity contribution >= 4 is 24.5 Å². The van der Waals surface area contributed by atoms with Crippen molar-refractivity contribution in [3.63, 3.8) is 0 Å². The molecular weight excluding hydrogens is 331 g/mol. The van der Waals surface area contributed by atoms with Crippen LogP contribution in [0.4, 0.5) is 0 Å². The monoisotopic (exact) mass is 356 g/mol. The van der Waals surface area contributed by atoms with Crippen molar-refractivity contribution in [3.8, 4) is 0 Å². The molecule has 132 valence electrons. The summed E-state index contributed by atoms with van der Waals surface area (Å²) in [6, 6.07) is 18.7. The van der Waals surface area contributed by atoms with E-state index < -0.39 is 18.3 Å². The molecule has 3 nitrogen and oxygen atoms in total. The van der Waals surface area contributed by atoms with Crippen LogP contribution in [-0.4, -0.2) is 17.7 Å². The lowest BCUT2D eigenvalue weighted by Gasteiger charge is -2.33. The quantitative estimate of drug-likeness (QED) is 0.426. The Bertz CT molecular complexity index is 787. The number of esters is 1. The molecule has 2 aromatic carbocycles. The van der Waals surface area contributed by atoms with Gasteiger partial charge in [0.2, 0.25) is 0 Å². The fourth-order valence-corrected chi connectivity index (χ4v) is 5.74. The summed E-state index contributed by atoms with van der Waals surface area (Å²) in [5.74, 6) is -0.520. The molecule has 2 rings (SSSR count). The average molecular weight is 356 g/mol. The smallest absolute Gasteiger partial charge is 0.342 e. The first-order valence-corrected chi connectivity index (χ1v) is 10.1. The third-order valence-electron chi connectivity index (χ3n) is 3.99. The summed E-state index contributed by atoms with van der Waals surface area (Å²) in [4.78, 5) is 12.8. The number of carbonyl (C=O) groups is 1. The Kier molecular flexibility index (Phi) is 6.02. The predicted molar refractivity (Wildman–Crippen MR) is 104 cm³/mol. The molecule has 1 atom stereocenters. The zero-order chi connectivity index (χ0) is 18.5. The molecule has 2 aromatic rings. The van der Waals surface area contributed by atoms with Gasteiger partial charge in [-0.3, -0.25) is 0 Å². The van der Waals surface area contributed by atoms with E-state index in [1.165, 1.54) is 0 Å². The summed E-state index contributed by atoms with van der Waals surface area (Å²) >= 11 is 0. The number of benzene rings is 2. The van der Waals surface area contributed by atoms with E-state index in [4.69, 9.17) is 4.74 Å². The second kappa shape index (κ2) is 7.84. The van der Waals surface area contributed by atoms with Crippen molar-refractivity contribution < 1.29 is 14.1 Å². The fraction of sp³-hybridized carbons (Fsp3) is 0.286. The third-order valence-corrected chi connectivity index (χ3v) is 7.90. The molecule has 0 unspecified atom stereocenters. The molecule has 0 aromatic heterocycles. The van der Waals surface area contributed by atoms with Crippen LogP contribution in [0.15, 0.2) is 66.0 Å². The van der Waals surface area contributed by atoms with Gasteiger partial charge in [0.05, 0.1) is 6.61 Å². The molecule has 0 fully saturated rings. The van der Waals surface area contributed by atoms with Crippen LogP contribution in [0, 0.1) is 0 Å². The van der Waals surface area contributed by atoms with Crippen LogP contribution >= 0.6 is 7.14 Å². The highest BCUT2D eigenvalue weighted by Crippen LogP contribution is 2.63. The van der Waals surface area contributed by atoms with Gasteiger partial charge in [-0.15, -0.1) is 0 Å². The lowest BCUT2D eigenvalue weighted by molar-refractivity contribution is -0.137. The van der Waals surface area contributed by atoms with Crippen molar-refractivity contribution in [2.24, 2.45) is 0 Å². The lowest BCUT2D eigenvalue weighted by Crippen LogP contribution is -2.27. The number of ether oxygens (including phenoxy) is 1. The Labute approximate surface area is 150 Å². The van der Waals surface area contributed by atoms with Gasteiger partial charge < -0.3 is 9.30 Å². The summed E-state index contributed by atoms with van der Waals surface area (Å²) < 4.78 is 19.5. The summed E-state index contributed by atoms with van der Waals surface area (Å²) in [5.41, 5.74) is 0.825. The SMILES string of the molecule is CCOC(=O)/C(=C\c1ccccc1)[P@](=O)(c1ccccc1)C(C)(C)C. The second-order valence-corrected chi connectivity index (χ2v) is 10.3. The molecule has 0 spiro atoms. The molecule has 4 heteroatoms. The molecule has 0 heterocycles. The molecule has 0 saturated carbocycles. The Morgan fingerprint density at radius 1 is 1.00 bits per heavy atom. The zero-order valence-electron chi connectivity index (χ0n) is 15.2. The van der Waals surface area contributed by atoms with Crippen LogP contribution in [-0.2, 0) is 14.1 Å². The first-order valence-electron chi connectivity index (χ1n) is 8.41. The molecule has 0 aliphatic heterocycles. The molecule has 0 aliphatic carbocycles. The van der Waals surface area contributed by atoms with Gasteiger partial charge >= 0.3 is 5.97 Å². The minimum absolute atomic E-state index is 0.235. The third kappa shape index (κ3) is 4.11. The summed E-state index contributed by atoms with van der Waals surface area (Å²) in [7, 11) is -3.23. The van der Waals surface area contributed by atoms with E-state index in [0.717, 1.165) is 5.56 Å². The molecule has 25 heavy (non-hydrogen) atoms. The lowest BCUT2D eigenvalue weighted by atomic mass is 10.2. The van der Waals surface area contributed by atoms with Crippen LogP contribution in [0.1, 0.15) is 33.3 Å². The maximum Gasteiger partial charge on any atom is 0.342 e. The van der Waals surface area contributed by atoms with E-state index in [0.29, 0.717) is 5.30 Å². The number of hydrogen-bond donors (Lipinski definition) is 0. The summed E-state index contributed by atoms with van der Waals surface area (Å²) in [6.07, 6.45) is 1.71. The Morgan fingerprint density at radius 2 is 1.52 bits per heavy atom. The molecule has 0 aliphatic rings. The fourth-order valence-electron chi connectivity index (χ4n) is 2.72. The van der Waals surface area contributed by atoms with E-state index in [1.807, 2.05) is 81.4 Å². The van der Waals surface area contributed by atoms with Crippen LogP contribution in [0.3, 0.4) is 0 Å². The van der Waals surface area contributed by atoms with Crippen LogP contribution < -0.4 is 5.30 Å². The van der Waals surface area contributed by atoms with Gasteiger partial charge in [-0.2, -0.15) is 0 Å². The van der Waals surface area contributed by atoms with Gasteiger partial charge in [-0.1, -0.05) is 81.4 Å². The summed E-state index contributed by atoms with van der Waals surface area (Å²) in [6.45, 7) is 7.70. The Morgan fingerprint density at radius 3 is 2.00 bits per heavy atom. The van der Waals surface area contributed by atoms with Crippen LogP contribution in [0.5, 0.6) is 0 Å². The number of rotatable bonds is 5. The van der Waals surface area contributed by atoms with Gasteiger partial charge in [0.1, 0.15) is 5.31 Å². The van der Waals surface area contributed by atoms with Gasteiger partial charge in [-0.25, -0.2) is 4.79 Å². The normalized spacial score (nSPS) is 14.6. The van der Waals surface area contributed by atoms with Crippen LogP contribution in [0.25, 0.3) is 6.08 Å². The molecule has 0 radical (unpaired) electrons. The number of carbonyl (C=O) groups excluding carboxylic acids is 1. The van der Waals surface area contributed by atoms with Gasteiger partial charge in [-0.05, 0) is 18.6 Å². The molecular formula is C21H25O3P. The first-order chi connectivity index (χ1) is 11.8. The van der Waals surface area contributed by atoms with Gasteiger partial charge in [0.15, 0.2) is 7.14 Å².